The summed E-state index contributed by atoms with van der Waals surface area (Å²) in [6.07, 6.45) is 0. The van der Waals surface area contributed by atoms with E-state index in [2.05, 4.69) is 21.2 Å². The van der Waals surface area contributed by atoms with E-state index in [0.29, 0.717) is 5.69 Å². The molecule has 0 aliphatic rings. The molecule has 0 unspecified atom stereocenters. The molecule has 0 aromatic heterocycles. The fourth-order valence-electron chi connectivity index (χ4n) is 1.83. The maximum Gasteiger partial charge on any atom is 0.283 e. The van der Waals surface area contributed by atoms with Crippen molar-refractivity contribution in [2.45, 2.75) is 4.90 Å². The van der Waals surface area contributed by atoms with Crippen molar-refractivity contribution in [1.29, 1.82) is 0 Å². The number of carbonyl (C=O) groups is 2. The summed E-state index contributed by atoms with van der Waals surface area (Å²) in [4.78, 5) is 33.9. The van der Waals surface area contributed by atoms with Crippen LogP contribution in [-0.4, -0.2) is 22.5 Å². The van der Waals surface area contributed by atoms with Crippen molar-refractivity contribution in [3.05, 3.63) is 62.6 Å². The van der Waals surface area contributed by atoms with Gasteiger partial charge in [-0.05, 0) is 40.2 Å². The number of nitro benzene ring substituents is 1. The van der Waals surface area contributed by atoms with Gasteiger partial charge in [-0.15, -0.1) is 11.8 Å². The van der Waals surface area contributed by atoms with Gasteiger partial charge in [0.2, 0.25) is 11.8 Å². The second-order valence-corrected chi connectivity index (χ2v) is 6.49. The first-order chi connectivity index (χ1) is 11.4. The molecule has 0 radical (unpaired) electrons. The second kappa shape index (κ2) is 7.93. The molecule has 0 bridgehead atoms. The number of benzene rings is 2. The van der Waals surface area contributed by atoms with Crippen LogP contribution in [0.2, 0.25) is 0 Å². The molecule has 124 valence electrons. The maximum atomic E-state index is 12.0. The summed E-state index contributed by atoms with van der Waals surface area (Å²) in [5.74, 6) is -1.07. The number of anilines is 1. The van der Waals surface area contributed by atoms with E-state index in [1.807, 2.05) is 6.07 Å². The number of hydrogen-bond acceptors (Lipinski definition) is 5. The normalized spacial score (nSPS) is 10.2. The van der Waals surface area contributed by atoms with Crippen LogP contribution in [0, 0.1) is 10.1 Å². The Morgan fingerprint density at radius 1 is 1.25 bits per heavy atom. The van der Waals surface area contributed by atoms with Crippen molar-refractivity contribution in [2.75, 3.05) is 11.1 Å². The zero-order valence-corrected chi connectivity index (χ0v) is 14.6. The van der Waals surface area contributed by atoms with Crippen LogP contribution in [0.1, 0.15) is 10.4 Å². The number of thioether (sulfide) groups is 1. The van der Waals surface area contributed by atoms with Crippen molar-refractivity contribution in [2.24, 2.45) is 5.73 Å². The minimum atomic E-state index is -0.749. The lowest BCUT2D eigenvalue weighted by molar-refractivity contribution is -0.387. The molecule has 9 heteroatoms. The zero-order valence-electron chi connectivity index (χ0n) is 12.2. The lowest BCUT2D eigenvalue weighted by Gasteiger charge is -2.07. The quantitative estimate of drug-likeness (QED) is 0.431. The molecule has 0 saturated carbocycles. The lowest BCUT2D eigenvalue weighted by atomic mass is 10.2. The molecule has 2 aromatic carbocycles. The fraction of sp³-hybridized carbons (Fsp3) is 0.0667. The number of hydrogen-bond donors (Lipinski definition) is 2. The first-order valence-corrected chi connectivity index (χ1v) is 8.41. The van der Waals surface area contributed by atoms with Crippen LogP contribution < -0.4 is 11.1 Å². The van der Waals surface area contributed by atoms with Gasteiger partial charge in [-0.1, -0.05) is 12.1 Å². The van der Waals surface area contributed by atoms with E-state index in [9.17, 15) is 19.7 Å². The molecule has 7 nitrogen and oxygen atoms in total. The third kappa shape index (κ3) is 4.56. The molecule has 2 rings (SSSR count). The third-order valence-electron chi connectivity index (χ3n) is 2.95. The predicted octanol–water partition coefficient (Wildman–Crippen LogP) is 3.19. The molecular formula is C15H12BrN3O4S. The summed E-state index contributed by atoms with van der Waals surface area (Å²) in [6.45, 7) is 0. The number of para-hydroxylation sites is 1. The highest BCUT2D eigenvalue weighted by molar-refractivity contribution is 9.10. The Balaban J connectivity index is 2.08. The Kier molecular flexibility index (Phi) is 5.93. The molecular weight excluding hydrogens is 398 g/mol. The van der Waals surface area contributed by atoms with Gasteiger partial charge in [-0.3, -0.25) is 19.7 Å². The Labute approximate surface area is 149 Å². The zero-order chi connectivity index (χ0) is 17.7. The summed E-state index contributed by atoms with van der Waals surface area (Å²) in [7, 11) is 0. The first kappa shape index (κ1) is 18.0. The largest absolute Gasteiger partial charge is 0.366 e. The Bertz CT molecular complexity index is 813. The first-order valence-electron chi connectivity index (χ1n) is 6.64. The van der Waals surface area contributed by atoms with E-state index in [-0.39, 0.29) is 27.8 Å². The summed E-state index contributed by atoms with van der Waals surface area (Å²) in [5.41, 5.74) is 5.52. The fourth-order valence-corrected chi connectivity index (χ4v) is 3.02. The van der Waals surface area contributed by atoms with Crippen LogP contribution in [-0.2, 0) is 4.79 Å². The topological polar surface area (TPSA) is 115 Å². The molecule has 0 heterocycles. The summed E-state index contributed by atoms with van der Waals surface area (Å²) in [6, 6.07) is 11.0. The molecule has 0 spiro atoms. The van der Waals surface area contributed by atoms with Gasteiger partial charge < -0.3 is 11.1 Å². The maximum absolute atomic E-state index is 12.0. The van der Waals surface area contributed by atoms with Crippen LogP contribution in [0.25, 0.3) is 0 Å². The molecule has 0 saturated heterocycles. The Hall–Kier alpha value is -2.39. The van der Waals surface area contributed by atoms with Crippen LogP contribution in [0.3, 0.4) is 0 Å². The van der Waals surface area contributed by atoms with Gasteiger partial charge in [-0.25, -0.2) is 0 Å². The number of rotatable bonds is 6. The Morgan fingerprint density at radius 2 is 1.96 bits per heavy atom. The van der Waals surface area contributed by atoms with Gasteiger partial charge in [0.1, 0.15) is 0 Å². The highest BCUT2D eigenvalue weighted by Crippen LogP contribution is 2.30. The minimum Gasteiger partial charge on any atom is -0.366 e. The van der Waals surface area contributed by atoms with Crippen LogP contribution in [0.5, 0.6) is 0 Å². The van der Waals surface area contributed by atoms with Crippen LogP contribution in [0.4, 0.5) is 11.4 Å². The van der Waals surface area contributed by atoms with Crippen LogP contribution >= 0.6 is 27.7 Å². The van der Waals surface area contributed by atoms with Crippen molar-refractivity contribution in [1.82, 2.24) is 0 Å². The second-order valence-electron chi connectivity index (χ2n) is 4.62. The molecule has 2 aromatic rings. The minimum absolute atomic E-state index is 0.0158. The number of amides is 2. The van der Waals surface area contributed by atoms with E-state index >= 15 is 0 Å². The molecule has 0 aliphatic carbocycles. The van der Waals surface area contributed by atoms with Gasteiger partial charge in [0, 0.05) is 16.1 Å². The number of nitrogens with zero attached hydrogens (tertiary/aromatic N) is 1. The number of nitrogens with two attached hydrogens (primary N) is 1. The van der Waals surface area contributed by atoms with Gasteiger partial charge >= 0.3 is 0 Å². The average molecular weight is 410 g/mol. The van der Waals surface area contributed by atoms with Crippen molar-refractivity contribution in [3.8, 4) is 0 Å². The average Bonchev–Trinajstić information content (AvgIpc) is 2.54. The SMILES string of the molecule is NC(=O)c1ccc(SCC(=O)Nc2ccccc2Br)c([N+](=O)[O-])c1. The predicted molar refractivity (Wildman–Crippen MR) is 95.1 cm³/mol. The van der Waals surface area contributed by atoms with E-state index < -0.39 is 10.8 Å². The molecule has 24 heavy (non-hydrogen) atoms. The monoisotopic (exact) mass is 409 g/mol. The molecule has 0 atom stereocenters. The van der Waals surface area contributed by atoms with Gasteiger partial charge in [0.25, 0.3) is 5.69 Å². The number of primary amides is 1. The summed E-state index contributed by atoms with van der Waals surface area (Å²) < 4.78 is 0.736. The molecule has 0 fully saturated rings. The van der Waals surface area contributed by atoms with E-state index in [0.717, 1.165) is 22.3 Å². The number of carbonyl (C=O) groups excluding carboxylic acids is 2. The molecule has 0 aliphatic heterocycles. The van der Waals surface area contributed by atoms with Gasteiger partial charge in [-0.2, -0.15) is 0 Å². The number of nitro groups is 1. The molecule has 3 N–H and O–H groups in total. The van der Waals surface area contributed by atoms with Gasteiger partial charge in [0.05, 0.1) is 21.3 Å². The van der Waals surface area contributed by atoms with E-state index in [1.54, 1.807) is 18.2 Å². The van der Waals surface area contributed by atoms with Crippen molar-refractivity contribution >= 4 is 50.9 Å². The highest BCUT2D eigenvalue weighted by Gasteiger charge is 2.18. The van der Waals surface area contributed by atoms with Crippen molar-refractivity contribution in [3.63, 3.8) is 0 Å². The van der Waals surface area contributed by atoms with Crippen molar-refractivity contribution < 1.29 is 14.5 Å². The smallest absolute Gasteiger partial charge is 0.283 e. The van der Waals surface area contributed by atoms with E-state index in [4.69, 9.17) is 5.73 Å². The summed E-state index contributed by atoms with van der Waals surface area (Å²) in [5, 5.41) is 13.8. The van der Waals surface area contributed by atoms with Crippen LogP contribution in [0.15, 0.2) is 51.8 Å². The molecule has 2 amide bonds. The summed E-state index contributed by atoms with van der Waals surface area (Å²) >= 11 is 4.33. The standard InChI is InChI=1S/C15H12BrN3O4S/c16-10-3-1-2-4-11(10)18-14(20)8-24-13-6-5-9(15(17)21)7-12(13)19(22)23/h1-7H,8H2,(H2,17,21)(H,18,20). The highest BCUT2D eigenvalue weighted by atomic mass is 79.9. The van der Waals surface area contributed by atoms with Gasteiger partial charge in [0.15, 0.2) is 0 Å². The van der Waals surface area contributed by atoms with E-state index in [1.165, 1.54) is 12.1 Å². The lowest BCUT2D eigenvalue weighted by Crippen LogP contribution is -2.14. The number of halogens is 1. The number of nitrogens with one attached hydrogen (secondary N) is 1. The third-order valence-corrected chi connectivity index (χ3v) is 4.70. The Morgan fingerprint density at radius 3 is 2.58 bits per heavy atom.